The van der Waals surface area contributed by atoms with Crippen molar-refractivity contribution >= 4 is 11.6 Å². The van der Waals surface area contributed by atoms with Crippen molar-refractivity contribution in [3.05, 3.63) is 24.0 Å². The second-order valence-electron chi connectivity index (χ2n) is 5.21. The molecule has 17 heavy (non-hydrogen) atoms. The zero-order chi connectivity index (χ0) is 11.9. The van der Waals surface area contributed by atoms with Crippen molar-refractivity contribution in [3.8, 4) is 0 Å². The first-order chi connectivity index (χ1) is 8.20. The molecule has 0 unspecified atom stereocenters. The number of amides is 1. The van der Waals surface area contributed by atoms with Crippen molar-refractivity contribution in [2.24, 2.45) is 5.41 Å². The van der Waals surface area contributed by atoms with Crippen LogP contribution >= 0.6 is 0 Å². The summed E-state index contributed by atoms with van der Waals surface area (Å²) in [6, 6.07) is 3.80. The van der Waals surface area contributed by atoms with Crippen LogP contribution in [0.25, 0.3) is 0 Å². The summed E-state index contributed by atoms with van der Waals surface area (Å²) in [7, 11) is 2.11. The van der Waals surface area contributed by atoms with Crippen molar-refractivity contribution in [1.82, 2.24) is 9.88 Å². The molecule has 0 radical (unpaired) electrons. The fourth-order valence-corrected chi connectivity index (χ4v) is 2.80. The van der Waals surface area contributed by atoms with E-state index in [1.165, 1.54) is 0 Å². The highest BCUT2D eigenvalue weighted by Gasteiger charge is 2.44. The Labute approximate surface area is 101 Å². The lowest BCUT2D eigenvalue weighted by molar-refractivity contribution is -0.128. The molecule has 0 bridgehead atoms. The van der Waals surface area contributed by atoms with E-state index in [0.717, 1.165) is 43.7 Å². The Morgan fingerprint density at radius 1 is 1.41 bits per heavy atom. The van der Waals surface area contributed by atoms with Crippen molar-refractivity contribution < 1.29 is 4.79 Å². The molecule has 2 aliphatic rings. The SMILES string of the molecule is CN1CCC2(CC1)Cc1ncccc1NC2=O. The number of anilines is 1. The molecule has 1 fully saturated rings. The van der Waals surface area contributed by atoms with Gasteiger partial charge < -0.3 is 10.2 Å². The number of carbonyl (C=O) groups excluding carboxylic acids is 1. The van der Waals surface area contributed by atoms with Crippen LogP contribution in [0.5, 0.6) is 0 Å². The number of pyridine rings is 1. The number of nitrogens with zero attached hydrogens (tertiary/aromatic N) is 2. The zero-order valence-corrected chi connectivity index (χ0v) is 10.1. The number of fused-ring (bicyclic) bond motifs is 1. The molecule has 1 aromatic rings. The van der Waals surface area contributed by atoms with E-state index < -0.39 is 0 Å². The van der Waals surface area contributed by atoms with E-state index in [1.54, 1.807) is 6.20 Å². The van der Waals surface area contributed by atoms with Gasteiger partial charge in [-0.25, -0.2) is 0 Å². The molecule has 0 aliphatic carbocycles. The quantitative estimate of drug-likeness (QED) is 0.731. The molecular weight excluding hydrogens is 214 g/mol. The van der Waals surface area contributed by atoms with Gasteiger partial charge in [-0.1, -0.05) is 0 Å². The third-order valence-electron chi connectivity index (χ3n) is 4.07. The van der Waals surface area contributed by atoms with Gasteiger partial charge in [-0.05, 0) is 45.1 Å². The van der Waals surface area contributed by atoms with Crippen LogP contribution in [-0.4, -0.2) is 35.9 Å². The molecule has 4 nitrogen and oxygen atoms in total. The highest BCUT2D eigenvalue weighted by atomic mass is 16.2. The van der Waals surface area contributed by atoms with Gasteiger partial charge in [0.1, 0.15) is 0 Å². The van der Waals surface area contributed by atoms with E-state index in [-0.39, 0.29) is 11.3 Å². The monoisotopic (exact) mass is 231 g/mol. The summed E-state index contributed by atoms with van der Waals surface area (Å²) in [5.74, 6) is 0.186. The van der Waals surface area contributed by atoms with Gasteiger partial charge in [-0.2, -0.15) is 0 Å². The molecule has 0 atom stereocenters. The summed E-state index contributed by atoms with van der Waals surface area (Å²) >= 11 is 0. The Kier molecular flexibility index (Phi) is 2.40. The molecule has 2 aliphatic heterocycles. The second-order valence-corrected chi connectivity index (χ2v) is 5.21. The van der Waals surface area contributed by atoms with Gasteiger partial charge >= 0.3 is 0 Å². The molecule has 4 heteroatoms. The van der Waals surface area contributed by atoms with Crippen molar-refractivity contribution in [1.29, 1.82) is 0 Å². The molecular formula is C13H17N3O. The van der Waals surface area contributed by atoms with E-state index in [9.17, 15) is 4.79 Å². The van der Waals surface area contributed by atoms with Gasteiger partial charge in [0.2, 0.25) is 5.91 Å². The topological polar surface area (TPSA) is 45.2 Å². The van der Waals surface area contributed by atoms with E-state index in [2.05, 4.69) is 22.2 Å². The van der Waals surface area contributed by atoms with Crippen LogP contribution in [0.15, 0.2) is 18.3 Å². The first kappa shape index (κ1) is 10.7. The molecule has 0 saturated carbocycles. The lowest BCUT2D eigenvalue weighted by Crippen LogP contribution is -2.49. The maximum atomic E-state index is 12.3. The van der Waals surface area contributed by atoms with Crippen LogP contribution < -0.4 is 5.32 Å². The maximum Gasteiger partial charge on any atom is 0.231 e. The molecule has 3 heterocycles. The number of hydrogen-bond donors (Lipinski definition) is 1. The summed E-state index contributed by atoms with van der Waals surface area (Å²) in [6.07, 6.45) is 4.47. The van der Waals surface area contributed by atoms with E-state index >= 15 is 0 Å². The van der Waals surface area contributed by atoms with Crippen molar-refractivity contribution in [2.45, 2.75) is 19.3 Å². The number of rotatable bonds is 0. The molecule has 1 N–H and O–H groups in total. The fraction of sp³-hybridized carbons (Fsp3) is 0.538. The molecule has 1 saturated heterocycles. The summed E-state index contributed by atoms with van der Waals surface area (Å²) in [5.41, 5.74) is 1.71. The number of piperidine rings is 1. The molecule has 1 aromatic heterocycles. The minimum Gasteiger partial charge on any atom is -0.324 e. The van der Waals surface area contributed by atoms with Gasteiger partial charge in [-0.15, -0.1) is 0 Å². The summed E-state index contributed by atoms with van der Waals surface area (Å²) in [6.45, 7) is 1.99. The maximum absolute atomic E-state index is 12.3. The summed E-state index contributed by atoms with van der Waals surface area (Å²) < 4.78 is 0. The molecule has 3 rings (SSSR count). The van der Waals surface area contributed by atoms with Gasteiger partial charge in [-0.3, -0.25) is 9.78 Å². The van der Waals surface area contributed by atoms with Gasteiger partial charge in [0.15, 0.2) is 0 Å². The molecule has 90 valence electrons. The predicted molar refractivity (Wildman–Crippen MR) is 65.7 cm³/mol. The first-order valence-corrected chi connectivity index (χ1v) is 6.14. The molecule has 0 aromatic carbocycles. The Morgan fingerprint density at radius 2 is 2.18 bits per heavy atom. The lowest BCUT2D eigenvalue weighted by Gasteiger charge is -2.41. The predicted octanol–water partition coefficient (Wildman–Crippen LogP) is 1.29. The number of carbonyl (C=O) groups is 1. The third-order valence-corrected chi connectivity index (χ3v) is 4.07. The van der Waals surface area contributed by atoms with E-state index in [4.69, 9.17) is 0 Å². The molecule has 1 spiro atoms. The second kappa shape index (κ2) is 3.81. The van der Waals surface area contributed by atoms with Gasteiger partial charge in [0.25, 0.3) is 0 Å². The number of likely N-dealkylation sites (tertiary alicyclic amines) is 1. The van der Waals surface area contributed by atoms with Crippen LogP contribution in [0.1, 0.15) is 18.5 Å². The smallest absolute Gasteiger partial charge is 0.231 e. The number of nitrogens with one attached hydrogen (secondary N) is 1. The van der Waals surface area contributed by atoms with Crippen LogP contribution in [0.4, 0.5) is 5.69 Å². The normalized spacial score (nSPS) is 23.2. The van der Waals surface area contributed by atoms with E-state index in [1.807, 2.05) is 12.1 Å². The Hall–Kier alpha value is -1.42. The van der Waals surface area contributed by atoms with Gasteiger partial charge in [0.05, 0.1) is 16.8 Å². The lowest BCUT2D eigenvalue weighted by atomic mass is 9.72. The highest BCUT2D eigenvalue weighted by Crippen LogP contribution is 2.40. The number of aromatic nitrogens is 1. The molecule has 1 amide bonds. The standard InChI is InChI=1S/C13H17N3O/c1-16-7-4-13(5-8-16)9-11-10(15-12(13)17)3-2-6-14-11/h2-3,6H,4-5,7-9H2,1H3,(H,15,17). The fourth-order valence-electron chi connectivity index (χ4n) is 2.80. The van der Waals surface area contributed by atoms with Crippen molar-refractivity contribution in [2.75, 3.05) is 25.5 Å². The van der Waals surface area contributed by atoms with Crippen LogP contribution in [0.2, 0.25) is 0 Å². The third kappa shape index (κ3) is 1.72. The van der Waals surface area contributed by atoms with Crippen LogP contribution in [0, 0.1) is 5.41 Å². The number of hydrogen-bond acceptors (Lipinski definition) is 3. The average Bonchev–Trinajstić information content (AvgIpc) is 2.34. The highest BCUT2D eigenvalue weighted by molar-refractivity contribution is 5.98. The Bertz CT molecular complexity index is 450. The van der Waals surface area contributed by atoms with Gasteiger partial charge in [0, 0.05) is 12.6 Å². The van der Waals surface area contributed by atoms with Crippen LogP contribution in [0.3, 0.4) is 0 Å². The summed E-state index contributed by atoms with van der Waals surface area (Å²) in [4.78, 5) is 19.0. The first-order valence-electron chi connectivity index (χ1n) is 6.14. The zero-order valence-electron chi connectivity index (χ0n) is 10.1. The largest absolute Gasteiger partial charge is 0.324 e. The van der Waals surface area contributed by atoms with Crippen molar-refractivity contribution in [3.63, 3.8) is 0 Å². The minimum absolute atomic E-state index is 0.186. The van der Waals surface area contributed by atoms with Crippen LogP contribution in [-0.2, 0) is 11.2 Å². The minimum atomic E-state index is -0.214. The average molecular weight is 231 g/mol. The van der Waals surface area contributed by atoms with E-state index in [0.29, 0.717) is 0 Å². The summed E-state index contributed by atoms with van der Waals surface area (Å²) in [5, 5.41) is 3.02. The Balaban J connectivity index is 1.91. The Morgan fingerprint density at radius 3 is 2.94 bits per heavy atom.